The second-order valence-electron chi connectivity index (χ2n) is 6.65. The number of nitrogens with two attached hydrogens (primary N) is 1. The van der Waals surface area contributed by atoms with Gasteiger partial charge in [0.05, 0.1) is 5.56 Å². The summed E-state index contributed by atoms with van der Waals surface area (Å²) in [6.45, 7) is 3.49. The van der Waals surface area contributed by atoms with Crippen LogP contribution in [0.25, 0.3) is 0 Å². The second kappa shape index (κ2) is 7.45. The van der Waals surface area contributed by atoms with Crippen LogP contribution in [0.15, 0.2) is 35.4 Å². The van der Waals surface area contributed by atoms with Crippen LogP contribution in [0.1, 0.15) is 32.3 Å². The summed E-state index contributed by atoms with van der Waals surface area (Å²) < 4.78 is 0. The highest BCUT2D eigenvalue weighted by molar-refractivity contribution is 8.00. The van der Waals surface area contributed by atoms with Crippen LogP contribution in [0.5, 0.6) is 0 Å². The Morgan fingerprint density at radius 1 is 1.36 bits per heavy atom. The lowest BCUT2D eigenvalue weighted by Gasteiger charge is -2.12. The summed E-state index contributed by atoms with van der Waals surface area (Å²) >= 11 is 1.71. The Morgan fingerprint density at radius 3 is 2.76 bits per heavy atom. The number of thioether (sulfide) groups is 1. The van der Waals surface area contributed by atoms with Crippen molar-refractivity contribution in [1.82, 2.24) is 15.2 Å². The standard InChI is InChI=1S/C19H24N4OS/c1-12-4-6-13(7-5-12)16-10-14-17(25-16)15(11-22-18(14)20)19(24)21-8-9-23(2)3/h4-7,11,16H,8-10H2,1-3H3,(H2,20,22)(H,21,24). The number of rotatable bonds is 5. The summed E-state index contributed by atoms with van der Waals surface area (Å²) in [5, 5.41) is 3.24. The van der Waals surface area contributed by atoms with E-state index in [2.05, 4.69) is 41.5 Å². The third-order valence-corrected chi connectivity index (χ3v) is 5.77. The van der Waals surface area contributed by atoms with Gasteiger partial charge in [0.1, 0.15) is 5.82 Å². The van der Waals surface area contributed by atoms with Crippen LogP contribution < -0.4 is 11.1 Å². The van der Waals surface area contributed by atoms with Crippen molar-refractivity contribution >= 4 is 23.5 Å². The predicted molar refractivity (Wildman–Crippen MR) is 103 cm³/mol. The number of hydrogen-bond acceptors (Lipinski definition) is 5. The zero-order valence-corrected chi connectivity index (χ0v) is 15.7. The second-order valence-corrected chi connectivity index (χ2v) is 7.86. The molecular weight excluding hydrogens is 332 g/mol. The van der Waals surface area contributed by atoms with Gasteiger partial charge in [-0.1, -0.05) is 29.8 Å². The molecule has 0 bridgehead atoms. The molecule has 6 heteroatoms. The molecule has 0 aliphatic carbocycles. The van der Waals surface area contributed by atoms with Gasteiger partial charge >= 0.3 is 0 Å². The van der Waals surface area contributed by atoms with Crippen LogP contribution >= 0.6 is 11.8 Å². The minimum absolute atomic E-state index is 0.0809. The number of benzene rings is 1. The number of carbonyl (C=O) groups excluding carboxylic acids is 1. The number of anilines is 1. The van der Waals surface area contributed by atoms with E-state index in [4.69, 9.17) is 5.73 Å². The monoisotopic (exact) mass is 356 g/mol. The van der Waals surface area contributed by atoms with Crippen LogP contribution in [0, 0.1) is 6.92 Å². The number of nitrogen functional groups attached to an aromatic ring is 1. The lowest BCUT2D eigenvalue weighted by atomic mass is 10.0. The Morgan fingerprint density at radius 2 is 2.08 bits per heavy atom. The third-order valence-electron chi connectivity index (χ3n) is 4.35. The molecule has 0 spiro atoms. The van der Waals surface area contributed by atoms with Gasteiger partial charge in [0, 0.05) is 35.0 Å². The Kier molecular flexibility index (Phi) is 5.30. The number of nitrogens with one attached hydrogen (secondary N) is 1. The van der Waals surface area contributed by atoms with E-state index in [0.717, 1.165) is 23.4 Å². The molecule has 1 aliphatic rings. The summed E-state index contributed by atoms with van der Waals surface area (Å²) in [6, 6.07) is 8.55. The van der Waals surface area contributed by atoms with Gasteiger partial charge in [-0.2, -0.15) is 0 Å². The molecule has 1 aliphatic heterocycles. The van der Waals surface area contributed by atoms with Gasteiger partial charge < -0.3 is 16.0 Å². The highest BCUT2D eigenvalue weighted by atomic mass is 32.2. The molecule has 1 aromatic heterocycles. The molecule has 3 N–H and O–H groups in total. The van der Waals surface area contributed by atoms with Crippen LogP contribution in [0.4, 0.5) is 5.82 Å². The van der Waals surface area contributed by atoms with E-state index in [1.807, 2.05) is 19.0 Å². The molecule has 1 unspecified atom stereocenters. The molecule has 0 saturated heterocycles. The zero-order valence-electron chi connectivity index (χ0n) is 14.9. The molecule has 1 aromatic carbocycles. The van der Waals surface area contributed by atoms with Crippen molar-refractivity contribution in [1.29, 1.82) is 0 Å². The quantitative estimate of drug-likeness (QED) is 0.862. The van der Waals surface area contributed by atoms with Gasteiger partial charge in [-0.15, -0.1) is 11.8 Å². The van der Waals surface area contributed by atoms with Crippen LogP contribution in [0.2, 0.25) is 0 Å². The smallest absolute Gasteiger partial charge is 0.254 e. The average Bonchev–Trinajstić information content (AvgIpc) is 3.01. The molecule has 132 valence electrons. The molecular formula is C19H24N4OS. The fourth-order valence-corrected chi connectivity index (χ4v) is 4.30. The highest BCUT2D eigenvalue weighted by Gasteiger charge is 2.30. The van der Waals surface area contributed by atoms with Crippen molar-refractivity contribution in [2.45, 2.75) is 23.5 Å². The first-order chi connectivity index (χ1) is 12.0. The molecule has 25 heavy (non-hydrogen) atoms. The van der Waals surface area contributed by atoms with Gasteiger partial charge in [-0.05, 0) is 33.0 Å². The van der Waals surface area contributed by atoms with Crippen molar-refractivity contribution in [2.24, 2.45) is 0 Å². The Hall–Kier alpha value is -2.05. The number of fused-ring (bicyclic) bond motifs is 1. The molecule has 5 nitrogen and oxygen atoms in total. The van der Waals surface area contributed by atoms with Gasteiger partial charge in [0.15, 0.2) is 0 Å². The van der Waals surface area contributed by atoms with E-state index in [0.29, 0.717) is 17.9 Å². The number of aryl methyl sites for hydroxylation is 1. The fourth-order valence-electron chi connectivity index (χ4n) is 2.87. The van der Waals surface area contributed by atoms with E-state index in [-0.39, 0.29) is 11.2 Å². The first-order valence-electron chi connectivity index (χ1n) is 8.39. The number of pyridine rings is 1. The topological polar surface area (TPSA) is 71.2 Å². The van der Waals surface area contributed by atoms with E-state index < -0.39 is 0 Å². The Bertz CT molecular complexity index is 774. The molecule has 0 radical (unpaired) electrons. The average molecular weight is 356 g/mol. The minimum atomic E-state index is -0.0809. The van der Waals surface area contributed by atoms with Gasteiger partial charge in [-0.25, -0.2) is 4.98 Å². The SMILES string of the molecule is Cc1ccc(C2Cc3c(N)ncc(C(=O)NCCN(C)C)c3S2)cc1. The maximum absolute atomic E-state index is 12.6. The number of amides is 1. The van der Waals surface area contributed by atoms with Crippen molar-refractivity contribution in [3.63, 3.8) is 0 Å². The third kappa shape index (κ3) is 3.96. The molecule has 0 saturated carbocycles. The summed E-state index contributed by atoms with van der Waals surface area (Å²) in [5.74, 6) is 0.449. The summed E-state index contributed by atoms with van der Waals surface area (Å²) in [6.07, 6.45) is 2.41. The van der Waals surface area contributed by atoms with Gasteiger partial charge in [0.25, 0.3) is 5.91 Å². The van der Waals surface area contributed by atoms with E-state index in [1.54, 1.807) is 18.0 Å². The lowest BCUT2D eigenvalue weighted by Crippen LogP contribution is -2.31. The van der Waals surface area contributed by atoms with Crippen LogP contribution in [-0.2, 0) is 6.42 Å². The summed E-state index contributed by atoms with van der Waals surface area (Å²) in [5.41, 5.74) is 10.2. The molecule has 3 rings (SSSR count). The van der Waals surface area contributed by atoms with Gasteiger partial charge in [0.2, 0.25) is 0 Å². The maximum atomic E-state index is 12.6. The first-order valence-corrected chi connectivity index (χ1v) is 9.27. The largest absolute Gasteiger partial charge is 0.383 e. The predicted octanol–water partition coefficient (Wildman–Crippen LogP) is 2.65. The van der Waals surface area contributed by atoms with Crippen LogP contribution in [0.3, 0.4) is 0 Å². The molecule has 0 fully saturated rings. The van der Waals surface area contributed by atoms with E-state index in [1.165, 1.54) is 11.1 Å². The number of carbonyl (C=O) groups is 1. The van der Waals surface area contributed by atoms with E-state index >= 15 is 0 Å². The molecule has 1 atom stereocenters. The first kappa shape index (κ1) is 17.8. The molecule has 2 heterocycles. The van der Waals surface area contributed by atoms with Gasteiger partial charge in [-0.3, -0.25) is 4.79 Å². The van der Waals surface area contributed by atoms with Crippen molar-refractivity contribution in [3.8, 4) is 0 Å². The van der Waals surface area contributed by atoms with Crippen molar-refractivity contribution in [2.75, 3.05) is 32.9 Å². The molecule has 1 amide bonds. The van der Waals surface area contributed by atoms with Crippen LogP contribution in [-0.4, -0.2) is 43.0 Å². The Balaban J connectivity index is 1.81. The minimum Gasteiger partial charge on any atom is -0.383 e. The number of likely N-dealkylation sites (N-methyl/N-ethyl adjacent to an activating group) is 1. The highest BCUT2D eigenvalue weighted by Crippen LogP contribution is 2.49. The number of hydrogen-bond donors (Lipinski definition) is 2. The normalized spacial score (nSPS) is 16.1. The fraction of sp³-hybridized carbons (Fsp3) is 0.368. The lowest BCUT2D eigenvalue weighted by molar-refractivity contribution is 0.0947. The number of aromatic nitrogens is 1. The zero-order chi connectivity index (χ0) is 18.0. The number of nitrogens with zero attached hydrogens (tertiary/aromatic N) is 2. The molecule has 2 aromatic rings. The van der Waals surface area contributed by atoms with Crippen molar-refractivity contribution < 1.29 is 4.79 Å². The van der Waals surface area contributed by atoms with E-state index in [9.17, 15) is 4.79 Å². The maximum Gasteiger partial charge on any atom is 0.254 e. The Labute approximate surface area is 153 Å². The summed E-state index contributed by atoms with van der Waals surface area (Å²) in [7, 11) is 3.97. The summed E-state index contributed by atoms with van der Waals surface area (Å²) in [4.78, 5) is 19.8. The van der Waals surface area contributed by atoms with Crippen molar-refractivity contribution in [3.05, 3.63) is 52.7 Å².